The number of hydrogen-bond acceptors (Lipinski definition) is 5. The molecule has 2 aliphatic carbocycles. The molecule has 1 saturated carbocycles. The van der Waals surface area contributed by atoms with E-state index in [-0.39, 0.29) is 35.5 Å². The lowest BCUT2D eigenvalue weighted by molar-refractivity contribution is -0.159. The Morgan fingerprint density at radius 1 is 1.37 bits per heavy atom. The fraction of sp³-hybridized carbons (Fsp3) is 0.615. The summed E-state index contributed by atoms with van der Waals surface area (Å²) in [7, 11) is 1.17. The van der Waals surface area contributed by atoms with E-state index in [1.54, 1.807) is 0 Å². The Bertz CT molecular complexity index is 455. The van der Waals surface area contributed by atoms with Gasteiger partial charge in [-0.2, -0.15) is 0 Å². The summed E-state index contributed by atoms with van der Waals surface area (Å²) in [6, 6.07) is -1.21. The van der Waals surface area contributed by atoms with E-state index in [4.69, 9.17) is 0 Å². The Kier molecular flexibility index (Phi) is 2.70. The molecule has 3 rings (SSSR count). The summed E-state index contributed by atoms with van der Waals surface area (Å²) in [5.41, 5.74) is 0. The molecule has 0 aromatic carbocycles. The van der Waals surface area contributed by atoms with Crippen LogP contribution in [-0.4, -0.2) is 47.5 Å². The van der Waals surface area contributed by atoms with Crippen molar-refractivity contribution in [2.75, 3.05) is 13.7 Å². The van der Waals surface area contributed by atoms with Gasteiger partial charge in [-0.15, -0.1) is 0 Å². The molecule has 1 aliphatic heterocycles. The standard InChI is InChI=1S/C13H15NO5/c1-19-13(18)8(5-15)14-11(16)9-6-2-3-7(4-6)10(9)12(14)17/h2-3,6-10,15H,4-5H2,1H3. The van der Waals surface area contributed by atoms with Crippen molar-refractivity contribution in [1.29, 1.82) is 0 Å². The van der Waals surface area contributed by atoms with Crippen molar-refractivity contribution in [3.05, 3.63) is 12.2 Å². The van der Waals surface area contributed by atoms with E-state index in [0.29, 0.717) is 0 Å². The predicted molar refractivity (Wildman–Crippen MR) is 62.5 cm³/mol. The van der Waals surface area contributed by atoms with Crippen LogP contribution in [0.25, 0.3) is 0 Å². The van der Waals surface area contributed by atoms with E-state index >= 15 is 0 Å². The van der Waals surface area contributed by atoms with Gasteiger partial charge in [-0.1, -0.05) is 12.2 Å². The van der Waals surface area contributed by atoms with Crippen molar-refractivity contribution in [3.8, 4) is 0 Å². The van der Waals surface area contributed by atoms with Crippen molar-refractivity contribution < 1.29 is 24.2 Å². The van der Waals surface area contributed by atoms with E-state index in [9.17, 15) is 19.5 Å². The number of aliphatic hydroxyl groups excluding tert-OH is 1. The summed E-state index contributed by atoms with van der Waals surface area (Å²) in [5, 5.41) is 9.27. The lowest BCUT2D eigenvalue weighted by atomic mass is 9.85. The fourth-order valence-corrected chi connectivity index (χ4v) is 3.63. The molecule has 5 unspecified atom stereocenters. The molecule has 2 bridgehead atoms. The molecule has 0 aromatic rings. The smallest absolute Gasteiger partial charge is 0.331 e. The van der Waals surface area contributed by atoms with Gasteiger partial charge < -0.3 is 9.84 Å². The minimum absolute atomic E-state index is 0.0911. The van der Waals surface area contributed by atoms with Crippen LogP contribution < -0.4 is 0 Å². The summed E-state index contributed by atoms with van der Waals surface area (Å²) in [6.07, 6.45) is 4.79. The number of likely N-dealkylation sites (tertiary alicyclic amines) is 1. The third-order valence-electron chi connectivity index (χ3n) is 4.46. The van der Waals surface area contributed by atoms with Crippen LogP contribution in [0.5, 0.6) is 0 Å². The minimum atomic E-state index is -1.21. The van der Waals surface area contributed by atoms with Gasteiger partial charge in [-0.25, -0.2) is 4.79 Å². The number of esters is 1. The van der Waals surface area contributed by atoms with Crippen molar-refractivity contribution in [3.63, 3.8) is 0 Å². The topological polar surface area (TPSA) is 83.9 Å². The van der Waals surface area contributed by atoms with E-state index < -0.39 is 18.6 Å². The van der Waals surface area contributed by atoms with E-state index in [2.05, 4.69) is 4.74 Å². The van der Waals surface area contributed by atoms with Crippen LogP contribution in [0.4, 0.5) is 0 Å². The number of hydrogen-bond donors (Lipinski definition) is 1. The molecule has 1 N–H and O–H groups in total. The van der Waals surface area contributed by atoms with Gasteiger partial charge in [0.2, 0.25) is 11.8 Å². The van der Waals surface area contributed by atoms with Crippen LogP contribution in [0.2, 0.25) is 0 Å². The maximum Gasteiger partial charge on any atom is 0.331 e. The second-order valence-corrected chi connectivity index (χ2v) is 5.27. The lowest BCUT2D eigenvalue weighted by Gasteiger charge is -2.23. The molecule has 5 atom stereocenters. The van der Waals surface area contributed by atoms with Crippen LogP contribution in [-0.2, 0) is 19.1 Å². The molecule has 0 spiro atoms. The molecular weight excluding hydrogens is 250 g/mol. The average Bonchev–Trinajstić information content (AvgIpc) is 3.07. The lowest BCUT2D eigenvalue weighted by Crippen LogP contribution is -2.48. The van der Waals surface area contributed by atoms with Gasteiger partial charge in [0.1, 0.15) is 0 Å². The number of ether oxygens (including phenoxy) is 1. The summed E-state index contributed by atoms with van der Waals surface area (Å²) < 4.78 is 4.54. The second-order valence-electron chi connectivity index (χ2n) is 5.27. The third kappa shape index (κ3) is 1.49. The molecule has 19 heavy (non-hydrogen) atoms. The molecule has 3 aliphatic rings. The van der Waals surface area contributed by atoms with Crippen LogP contribution in [0.15, 0.2) is 12.2 Å². The number of methoxy groups -OCH3 is 1. The molecule has 1 saturated heterocycles. The summed E-state index contributed by atoms with van der Waals surface area (Å²) in [4.78, 5) is 37.2. The number of imide groups is 1. The Balaban J connectivity index is 1.91. The van der Waals surface area contributed by atoms with Gasteiger partial charge in [0.25, 0.3) is 0 Å². The Labute approximate surface area is 110 Å². The van der Waals surface area contributed by atoms with Gasteiger partial charge in [0.15, 0.2) is 6.04 Å². The first-order valence-electron chi connectivity index (χ1n) is 6.34. The number of nitrogens with zero attached hydrogens (tertiary/aromatic N) is 1. The first-order chi connectivity index (χ1) is 9.10. The zero-order valence-corrected chi connectivity index (χ0v) is 10.5. The SMILES string of the molecule is COC(=O)C(CO)N1C(=O)C2C3C=CC(C3)C2C1=O. The summed E-state index contributed by atoms with van der Waals surface area (Å²) >= 11 is 0. The van der Waals surface area contributed by atoms with Crippen LogP contribution in [0, 0.1) is 23.7 Å². The maximum absolute atomic E-state index is 12.4. The Hall–Kier alpha value is -1.69. The highest BCUT2D eigenvalue weighted by molar-refractivity contribution is 6.08. The first-order valence-corrected chi connectivity index (χ1v) is 6.34. The van der Waals surface area contributed by atoms with Crippen molar-refractivity contribution >= 4 is 17.8 Å². The van der Waals surface area contributed by atoms with Gasteiger partial charge in [-0.05, 0) is 18.3 Å². The summed E-state index contributed by atoms with van der Waals surface area (Å²) in [5.74, 6) is -2.00. The molecule has 1 heterocycles. The molecule has 2 amide bonds. The zero-order chi connectivity index (χ0) is 13.7. The molecule has 6 heteroatoms. The van der Waals surface area contributed by atoms with Gasteiger partial charge in [0, 0.05) is 0 Å². The number of fused-ring (bicyclic) bond motifs is 5. The highest BCUT2D eigenvalue weighted by atomic mass is 16.5. The largest absolute Gasteiger partial charge is 0.467 e. The Morgan fingerprint density at radius 3 is 2.32 bits per heavy atom. The number of aliphatic hydroxyl groups is 1. The average molecular weight is 265 g/mol. The number of carbonyl (C=O) groups excluding carboxylic acids is 3. The maximum atomic E-state index is 12.4. The quantitative estimate of drug-likeness (QED) is 0.415. The van der Waals surface area contributed by atoms with Crippen molar-refractivity contribution in [2.45, 2.75) is 12.5 Å². The second kappa shape index (κ2) is 4.16. The molecular formula is C13H15NO5. The number of amides is 2. The fourth-order valence-electron chi connectivity index (χ4n) is 3.63. The Morgan fingerprint density at radius 2 is 1.89 bits per heavy atom. The van der Waals surface area contributed by atoms with Gasteiger partial charge in [-0.3, -0.25) is 14.5 Å². The molecule has 6 nitrogen and oxygen atoms in total. The predicted octanol–water partition coefficient (Wildman–Crippen LogP) is -0.673. The summed E-state index contributed by atoms with van der Waals surface area (Å²) in [6.45, 7) is -0.605. The van der Waals surface area contributed by atoms with E-state index in [0.717, 1.165) is 11.3 Å². The first kappa shape index (κ1) is 12.3. The molecule has 2 fully saturated rings. The highest BCUT2D eigenvalue weighted by Gasteiger charge is 2.61. The normalized spacial score (nSPS) is 36.8. The molecule has 0 radical (unpaired) electrons. The zero-order valence-electron chi connectivity index (χ0n) is 10.5. The third-order valence-corrected chi connectivity index (χ3v) is 4.46. The van der Waals surface area contributed by atoms with Crippen LogP contribution in [0.1, 0.15) is 6.42 Å². The van der Waals surface area contributed by atoms with Gasteiger partial charge >= 0.3 is 5.97 Å². The molecule has 102 valence electrons. The van der Waals surface area contributed by atoms with E-state index in [1.807, 2.05) is 12.2 Å². The minimum Gasteiger partial charge on any atom is -0.467 e. The number of allylic oxidation sites excluding steroid dienone is 2. The van der Waals surface area contributed by atoms with E-state index in [1.165, 1.54) is 7.11 Å². The molecule has 0 aromatic heterocycles. The van der Waals surface area contributed by atoms with Crippen molar-refractivity contribution in [1.82, 2.24) is 4.90 Å². The van der Waals surface area contributed by atoms with Gasteiger partial charge in [0.05, 0.1) is 25.6 Å². The number of carbonyl (C=O) groups is 3. The van der Waals surface area contributed by atoms with Crippen LogP contribution in [0.3, 0.4) is 0 Å². The van der Waals surface area contributed by atoms with Crippen molar-refractivity contribution in [2.24, 2.45) is 23.7 Å². The monoisotopic (exact) mass is 265 g/mol. The highest BCUT2D eigenvalue weighted by Crippen LogP contribution is 2.52. The van der Waals surface area contributed by atoms with Crippen LogP contribution >= 0.6 is 0 Å². The number of rotatable bonds is 3.